The van der Waals surface area contributed by atoms with Crippen LogP contribution in [0.2, 0.25) is 5.02 Å². The van der Waals surface area contributed by atoms with E-state index in [1.54, 1.807) is 0 Å². The van der Waals surface area contributed by atoms with Crippen LogP contribution < -0.4 is 0 Å². The molecule has 0 radical (unpaired) electrons. The Bertz CT molecular complexity index is 367. The summed E-state index contributed by atoms with van der Waals surface area (Å²) in [6.45, 7) is 2.64. The highest BCUT2D eigenvalue weighted by Gasteiger charge is 2.33. The molecule has 1 aromatic rings. The maximum atomic E-state index is 10.5. The Labute approximate surface area is 101 Å². The molecule has 0 spiro atoms. The Morgan fingerprint density at radius 1 is 1.56 bits per heavy atom. The van der Waals surface area contributed by atoms with E-state index in [2.05, 4.69) is 0 Å². The van der Waals surface area contributed by atoms with Crippen LogP contribution in [0.1, 0.15) is 25.3 Å². The van der Waals surface area contributed by atoms with Crippen molar-refractivity contribution in [1.82, 2.24) is 0 Å². The first-order chi connectivity index (χ1) is 7.57. The van der Waals surface area contributed by atoms with Crippen LogP contribution in [-0.2, 0) is 11.2 Å². The van der Waals surface area contributed by atoms with Crippen molar-refractivity contribution in [1.29, 1.82) is 0 Å². The second-order valence-electron chi connectivity index (χ2n) is 4.67. The van der Waals surface area contributed by atoms with E-state index in [1.165, 1.54) is 0 Å². The molecular weight excluding hydrogens is 224 g/mol. The molecule has 1 aliphatic heterocycles. The maximum absolute atomic E-state index is 10.5. The third kappa shape index (κ3) is 2.97. The van der Waals surface area contributed by atoms with Crippen LogP contribution in [0.15, 0.2) is 24.3 Å². The standard InChI is InChI=1S/C13H17ClO2/c1-10-8-13(15,5-6-16-10)9-11-3-2-4-12(14)7-11/h2-4,7,10,15H,5-6,8-9H2,1H3. The molecule has 0 amide bonds. The van der Waals surface area contributed by atoms with E-state index in [-0.39, 0.29) is 6.10 Å². The summed E-state index contributed by atoms with van der Waals surface area (Å²) in [4.78, 5) is 0. The van der Waals surface area contributed by atoms with Gasteiger partial charge in [-0.15, -0.1) is 0 Å². The smallest absolute Gasteiger partial charge is 0.0734 e. The van der Waals surface area contributed by atoms with E-state index in [9.17, 15) is 5.11 Å². The summed E-state index contributed by atoms with van der Waals surface area (Å²) < 4.78 is 5.45. The minimum absolute atomic E-state index is 0.137. The van der Waals surface area contributed by atoms with Crippen LogP contribution in [0.5, 0.6) is 0 Å². The van der Waals surface area contributed by atoms with Gasteiger partial charge in [0.05, 0.1) is 11.7 Å². The van der Waals surface area contributed by atoms with E-state index in [1.807, 2.05) is 31.2 Å². The Hall–Kier alpha value is -0.570. The van der Waals surface area contributed by atoms with Gasteiger partial charge in [0.25, 0.3) is 0 Å². The third-order valence-corrected chi connectivity index (χ3v) is 3.29. The van der Waals surface area contributed by atoms with Crippen LogP contribution >= 0.6 is 11.6 Å². The Morgan fingerprint density at radius 2 is 2.38 bits per heavy atom. The lowest BCUT2D eigenvalue weighted by molar-refractivity contribution is -0.0961. The highest BCUT2D eigenvalue weighted by Crippen LogP contribution is 2.28. The Balaban J connectivity index is 2.08. The van der Waals surface area contributed by atoms with Crippen LogP contribution in [0.25, 0.3) is 0 Å². The summed E-state index contributed by atoms with van der Waals surface area (Å²) in [6.07, 6.45) is 2.18. The highest BCUT2D eigenvalue weighted by atomic mass is 35.5. The maximum Gasteiger partial charge on any atom is 0.0734 e. The van der Waals surface area contributed by atoms with E-state index < -0.39 is 5.60 Å². The van der Waals surface area contributed by atoms with E-state index in [4.69, 9.17) is 16.3 Å². The first kappa shape index (κ1) is 11.9. The van der Waals surface area contributed by atoms with Gasteiger partial charge in [-0.3, -0.25) is 0 Å². The van der Waals surface area contributed by atoms with Crippen molar-refractivity contribution < 1.29 is 9.84 Å². The summed E-state index contributed by atoms with van der Waals surface area (Å²) >= 11 is 5.93. The van der Waals surface area contributed by atoms with Gasteiger partial charge < -0.3 is 9.84 Å². The van der Waals surface area contributed by atoms with Gasteiger partial charge in [-0.2, -0.15) is 0 Å². The molecule has 0 aromatic heterocycles. The summed E-state index contributed by atoms with van der Waals surface area (Å²) in [5.41, 5.74) is 0.451. The van der Waals surface area contributed by atoms with Gasteiger partial charge in [-0.25, -0.2) is 0 Å². The molecule has 88 valence electrons. The monoisotopic (exact) mass is 240 g/mol. The summed E-state index contributed by atoms with van der Waals surface area (Å²) in [7, 11) is 0. The molecule has 3 heteroatoms. The molecule has 2 unspecified atom stereocenters. The van der Waals surface area contributed by atoms with Crippen molar-refractivity contribution in [2.45, 2.75) is 37.9 Å². The van der Waals surface area contributed by atoms with E-state index in [0.29, 0.717) is 25.9 Å². The molecule has 2 rings (SSSR count). The molecule has 0 bridgehead atoms. The molecule has 1 N–H and O–H groups in total. The quantitative estimate of drug-likeness (QED) is 0.862. The van der Waals surface area contributed by atoms with Gasteiger partial charge in [-0.05, 0) is 31.0 Å². The van der Waals surface area contributed by atoms with Crippen molar-refractivity contribution in [3.05, 3.63) is 34.9 Å². The number of halogens is 1. The van der Waals surface area contributed by atoms with Crippen LogP contribution in [0, 0.1) is 0 Å². The Kier molecular flexibility index (Phi) is 3.53. The molecule has 2 atom stereocenters. The predicted molar refractivity (Wildman–Crippen MR) is 64.8 cm³/mol. The van der Waals surface area contributed by atoms with Gasteiger partial charge in [0, 0.05) is 24.5 Å². The average Bonchev–Trinajstić information content (AvgIpc) is 2.16. The van der Waals surface area contributed by atoms with E-state index >= 15 is 0 Å². The minimum Gasteiger partial charge on any atom is -0.389 e. The normalized spacial score (nSPS) is 30.3. The van der Waals surface area contributed by atoms with Gasteiger partial charge in [0.15, 0.2) is 0 Å². The van der Waals surface area contributed by atoms with Gasteiger partial charge in [0.2, 0.25) is 0 Å². The Morgan fingerprint density at radius 3 is 3.06 bits per heavy atom. The highest BCUT2D eigenvalue weighted by molar-refractivity contribution is 6.30. The second-order valence-corrected chi connectivity index (χ2v) is 5.10. The lowest BCUT2D eigenvalue weighted by Gasteiger charge is -2.35. The van der Waals surface area contributed by atoms with Gasteiger partial charge >= 0.3 is 0 Å². The average molecular weight is 241 g/mol. The molecule has 0 aliphatic carbocycles. The number of ether oxygens (including phenoxy) is 1. The zero-order chi connectivity index (χ0) is 11.6. The molecule has 1 aliphatic rings. The van der Waals surface area contributed by atoms with Gasteiger partial charge in [-0.1, -0.05) is 23.7 Å². The topological polar surface area (TPSA) is 29.5 Å². The molecule has 1 heterocycles. The predicted octanol–water partition coefficient (Wildman–Crippen LogP) is 2.81. The fourth-order valence-corrected chi connectivity index (χ4v) is 2.55. The zero-order valence-electron chi connectivity index (χ0n) is 9.45. The number of rotatable bonds is 2. The van der Waals surface area contributed by atoms with Crippen LogP contribution in [0.3, 0.4) is 0 Å². The zero-order valence-corrected chi connectivity index (χ0v) is 10.2. The number of hydrogen-bond acceptors (Lipinski definition) is 2. The summed E-state index contributed by atoms with van der Waals surface area (Å²) in [5.74, 6) is 0. The summed E-state index contributed by atoms with van der Waals surface area (Å²) in [6, 6.07) is 7.69. The third-order valence-electron chi connectivity index (χ3n) is 3.06. The van der Waals surface area contributed by atoms with Crippen molar-refractivity contribution in [3.8, 4) is 0 Å². The first-order valence-corrected chi connectivity index (χ1v) is 6.04. The van der Waals surface area contributed by atoms with Crippen LogP contribution in [-0.4, -0.2) is 23.4 Å². The lowest BCUT2D eigenvalue weighted by Crippen LogP contribution is -2.41. The molecule has 1 fully saturated rings. The fourth-order valence-electron chi connectivity index (χ4n) is 2.33. The largest absolute Gasteiger partial charge is 0.389 e. The van der Waals surface area contributed by atoms with Crippen LogP contribution in [0.4, 0.5) is 0 Å². The number of benzene rings is 1. The van der Waals surface area contributed by atoms with Crippen molar-refractivity contribution in [3.63, 3.8) is 0 Å². The molecule has 1 aromatic carbocycles. The molecule has 16 heavy (non-hydrogen) atoms. The lowest BCUT2D eigenvalue weighted by atomic mass is 9.85. The van der Waals surface area contributed by atoms with Crippen molar-refractivity contribution in [2.24, 2.45) is 0 Å². The van der Waals surface area contributed by atoms with Crippen molar-refractivity contribution in [2.75, 3.05) is 6.61 Å². The second kappa shape index (κ2) is 4.74. The minimum atomic E-state index is -0.637. The molecule has 0 saturated carbocycles. The number of aliphatic hydroxyl groups is 1. The molecule has 2 nitrogen and oxygen atoms in total. The van der Waals surface area contributed by atoms with Gasteiger partial charge in [0.1, 0.15) is 0 Å². The first-order valence-electron chi connectivity index (χ1n) is 5.66. The molecule has 1 saturated heterocycles. The number of hydrogen-bond donors (Lipinski definition) is 1. The SMILES string of the molecule is CC1CC(O)(Cc2cccc(Cl)c2)CCO1. The molecular formula is C13H17ClO2. The fraction of sp³-hybridized carbons (Fsp3) is 0.538. The van der Waals surface area contributed by atoms with Crippen molar-refractivity contribution >= 4 is 11.6 Å². The van der Waals surface area contributed by atoms with E-state index in [0.717, 1.165) is 10.6 Å². The summed E-state index contributed by atoms with van der Waals surface area (Å²) in [5, 5.41) is 11.2.